The highest BCUT2D eigenvalue weighted by molar-refractivity contribution is 5.90. The fraction of sp³-hybridized carbons (Fsp3) is 0.750. The van der Waals surface area contributed by atoms with Crippen LogP contribution in [0.4, 0.5) is 4.79 Å². The molecule has 0 spiro atoms. The Labute approximate surface area is 111 Å². The van der Waals surface area contributed by atoms with Gasteiger partial charge in [0.2, 0.25) is 5.91 Å². The second kappa shape index (κ2) is 5.46. The molecule has 0 aromatic heterocycles. The normalized spacial score (nSPS) is 21.0. The van der Waals surface area contributed by atoms with Crippen LogP contribution >= 0.6 is 0 Å². The number of carboxylic acid groups (broad SMARTS) is 2. The van der Waals surface area contributed by atoms with Gasteiger partial charge in [0, 0.05) is 6.54 Å². The summed E-state index contributed by atoms with van der Waals surface area (Å²) in [5.41, 5.74) is -0.624. The molecule has 19 heavy (non-hydrogen) atoms. The van der Waals surface area contributed by atoms with Gasteiger partial charge in [0.15, 0.2) is 0 Å². The third kappa shape index (κ3) is 3.59. The lowest BCUT2D eigenvalue weighted by Crippen LogP contribution is -2.56. The van der Waals surface area contributed by atoms with E-state index in [4.69, 9.17) is 10.2 Å². The first-order valence-corrected chi connectivity index (χ1v) is 6.17. The van der Waals surface area contributed by atoms with Gasteiger partial charge in [0.25, 0.3) is 0 Å². The lowest BCUT2D eigenvalue weighted by Gasteiger charge is -2.34. The molecule has 1 saturated heterocycles. The van der Waals surface area contributed by atoms with Crippen molar-refractivity contribution in [3.63, 3.8) is 0 Å². The Hall–Kier alpha value is -1.79. The molecule has 108 valence electrons. The van der Waals surface area contributed by atoms with E-state index in [2.05, 4.69) is 5.32 Å². The van der Waals surface area contributed by atoms with Crippen molar-refractivity contribution in [1.29, 1.82) is 0 Å². The van der Waals surface area contributed by atoms with Crippen molar-refractivity contribution in [1.82, 2.24) is 10.2 Å². The smallest absolute Gasteiger partial charge is 0.405 e. The minimum absolute atomic E-state index is 0.351. The van der Waals surface area contributed by atoms with Gasteiger partial charge in [-0.25, -0.2) is 9.59 Å². The second-order valence-electron chi connectivity index (χ2n) is 5.78. The maximum absolute atomic E-state index is 12.4. The predicted octanol–water partition coefficient (Wildman–Crippen LogP) is 0.744. The van der Waals surface area contributed by atoms with Gasteiger partial charge in [0.1, 0.15) is 12.1 Å². The molecule has 0 saturated carbocycles. The molecule has 0 aliphatic carbocycles. The van der Waals surface area contributed by atoms with Crippen molar-refractivity contribution in [3.05, 3.63) is 0 Å². The molecule has 1 rings (SSSR count). The van der Waals surface area contributed by atoms with Crippen LogP contribution in [0.25, 0.3) is 0 Å². The fourth-order valence-electron chi connectivity index (χ4n) is 2.23. The molecular weight excluding hydrogens is 252 g/mol. The first kappa shape index (κ1) is 15.3. The van der Waals surface area contributed by atoms with Gasteiger partial charge in [-0.05, 0) is 18.3 Å². The van der Waals surface area contributed by atoms with E-state index in [9.17, 15) is 14.4 Å². The Balaban J connectivity index is 2.93. The van der Waals surface area contributed by atoms with Gasteiger partial charge in [-0.15, -0.1) is 0 Å². The number of carbonyl (C=O) groups excluding carboxylic acids is 1. The zero-order chi connectivity index (χ0) is 14.8. The SMILES string of the molecule is CC(C)(C)[C@H](NC(=O)O)C(=O)N1CCC[C@H]1C(=O)O. The van der Waals surface area contributed by atoms with E-state index >= 15 is 0 Å². The largest absolute Gasteiger partial charge is 0.480 e. The number of hydrogen-bond acceptors (Lipinski definition) is 3. The Kier molecular flexibility index (Phi) is 4.39. The van der Waals surface area contributed by atoms with Crippen LogP contribution in [-0.4, -0.2) is 51.7 Å². The molecule has 0 aromatic carbocycles. The van der Waals surface area contributed by atoms with E-state index in [0.29, 0.717) is 19.4 Å². The minimum atomic E-state index is -1.29. The molecule has 0 bridgehead atoms. The zero-order valence-corrected chi connectivity index (χ0v) is 11.3. The Bertz CT molecular complexity index is 388. The van der Waals surface area contributed by atoms with Crippen LogP contribution in [0.1, 0.15) is 33.6 Å². The molecule has 1 heterocycles. The van der Waals surface area contributed by atoms with Crippen LogP contribution in [-0.2, 0) is 9.59 Å². The molecule has 7 nitrogen and oxygen atoms in total. The summed E-state index contributed by atoms with van der Waals surface area (Å²) in [5, 5.41) is 20.1. The summed E-state index contributed by atoms with van der Waals surface area (Å²) in [4.78, 5) is 35.5. The first-order chi connectivity index (χ1) is 8.64. The number of aliphatic carboxylic acids is 1. The Morgan fingerprint density at radius 2 is 1.84 bits per heavy atom. The maximum Gasteiger partial charge on any atom is 0.405 e. The number of likely N-dealkylation sites (tertiary alicyclic amines) is 1. The molecule has 0 unspecified atom stereocenters. The lowest BCUT2D eigenvalue weighted by molar-refractivity contribution is -0.150. The summed E-state index contributed by atoms with van der Waals surface area (Å²) in [7, 11) is 0. The average molecular weight is 272 g/mol. The van der Waals surface area contributed by atoms with Gasteiger partial charge in [0.05, 0.1) is 0 Å². The van der Waals surface area contributed by atoms with Crippen LogP contribution in [0.5, 0.6) is 0 Å². The van der Waals surface area contributed by atoms with Crippen LogP contribution in [0.15, 0.2) is 0 Å². The molecule has 7 heteroatoms. The minimum Gasteiger partial charge on any atom is -0.480 e. The van der Waals surface area contributed by atoms with Crippen LogP contribution in [0.2, 0.25) is 0 Å². The third-order valence-electron chi connectivity index (χ3n) is 3.20. The topological polar surface area (TPSA) is 107 Å². The van der Waals surface area contributed by atoms with E-state index in [1.165, 1.54) is 4.90 Å². The molecule has 1 fully saturated rings. The van der Waals surface area contributed by atoms with E-state index < -0.39 is 35.5 Å². The molecule has 0 radical (unpaired) electrons. The molecule has 2 amide bonds. The lowest BCUT2D eigenvalue weighted by atomic mass is 9.85. The fourth-order valence-corrected chi connectivity index (χ4v) is 2.23. The van der Waals surface area contributed by atoms with Crippen LogP contribution in [0, 0.1) is 5.41 Å². The second-order valence-corrected chi connectivity index (χ2v) is 5.78. The summed E-state index contributed by atoms with van der Waals surface area (Å²) in [6.07, 6.45) is -0.267. The molecule has 1 aliphatic rings. The van der Waals surface area contributed by atoms with E-state index in [-0.39, 0.29) is 0 Å². The number of nitrogens with one attached hydrogen (secondary N) is 1. The quantitative estimate of drug-likeness (QED) is 0.702. The zero-order valence-electron chi connectivity index (χ0n) is 11.3. The Morgan fingerprint density at radius 3 is 2.26 bits per heavy atom. The standard InChI is InChI=1S/C12H20N2O5/c1-12(2,3)8(13-11(18)19)9(15)14-6-4-5-7(14)10(16)17/h7-8,13H,4-6H2,1-3H3,(H,16,17)(H,18,19)/t7-,8+/m0/s1. The summed E-state index contributed by atoms with van der Waals surface area (Å²) >= 11 is 0. The molecule has 3 N–H and O–H groups in total. The van der Waals surface area contributed by atoms with Crippen LogP contribution < -0.4 is 5.32 Å². The molecule has 1 aliphatic heterocycles. The number of carbonyl (C=O) groups is 3. The molecule has 0 aromatic rings. The first-order valence-electron chi connectivity index (χ1n) is 6.17. The predicted molar refractivity (Wildman–Crippen MR) is 66.8 cm³/mol. The number of rotatable bonds is 3. The van der Waals surface area contributed by atoms with Gasteiger partial charge >= 0.3 is 12.1 Å². The van der Waals surface area contributed by atoms with Gasteiger partial charge in [-0.1, -0.05) is 20.8 Å². The monoisotopic (exact) mass is 272 g/mol. The summed E-state index contributed by atoms with van der Waals surface area (Å²) in [5.74, 6) is -1.52. The number of hydrogen-bond donors (Lipinski definition) is 3. The summed E-state index contributed by atoms with van der Waals surface area (Å²) in [6.45, 7) is 5.55. The average Bonchev–Trinajstić information content (AvgIpc) is 2.71. The van der Waals surface area contributed by atoms with E-state index in [1.54, 1.807) is 20.8 Å². The third-order valence-corrected chi connectivity index (χ3v) is 3.20. The Morgan fingerprint density at radius 1 is 1.26 bits per heavy atom. The number of nitrogens with zero attached hydrogens (tertiary/aromatic N) is 1. The summed E-state index contributed by atoms with van der Waals surface area (Å²) < 4.78 is 0. The van der Waals surface area contributed by atoms with E-state index in [0.717, 1.165) is 0 Å². The molecule has 2 atom stereocenters. The molecular formula is C12H20N2O5. The van der Waals surface area contributed by atoms with E-state index in [1.807, 2.05) is 0 Å². The van der Waals surface area contributed by atoms with Crippen molar-refractivity contribution in [2.24, 2.45) is 5.41 Å². The highest BCUT2D eigenvalue weighted by atomic mass is 16.4. The number of carboxylic acids is 1. The highest BCUT2D eigenvalue weighted by Gasteiger charge is 2.41. The van der Waals surface area contributed by atoms with Gasteiger partial charge in [-0.2, -0.15) is 0 Å². The van der Waals surface area contributed by atoms with Gasteiger partial charge < -0.3 is 20.4 Å². The van der Waals surface area contributed by atoms with Crippen molar-refractivity contribution < 1.29 is 24.6 Å². The van der Waals surface area contributed by atoms with Gasteiger partial charge in [-0.3, -0.25) is 4.79 Å². The van der Waals surface area contributed by atoms with Crippen molar-refractivity contribution in [2.75, 3.05) is 6.54 Å². The summed E-state index contributed by atoms with van der Waals surface area (Å²) in [6, 6.07) is -1.81. The maximum atomic E-state index is 12.4. The van der Waals surface area contributed by atoms with Crippen molar-refractivity contribution in [2.45, 2.75) is 45.7 Å². The highest BCUT2D eigenvalue weighted by Crippen LogP contribution is 2.25. The van der Waals surface area contributed by atoms with Crippen molar-refractivity contribution in [3.8, 4) is 0 Å². The number of amides is 2. The van der Waals surface area contributed by atoms with Crippen LogP contribution in [0.3, 0.4) is 0 Å². The van der Waals surface area contributed by atoms with Crippen molar-refractivity contribution >= 4 is 18.0 Å².